The smallest absolute Gasteiger partial charge is 0.322 e. The number of thioether (sulfide) groups is 1. The van der Waals surface area contributed by atoms with Gasteiger partial charge in [0.15, 0.2) is 0 Å². The minimum Gasteiger partial charge on any atom is -0.322 e. The van der Waals surface area contributed by atoms with E-state index >= 15 is 0 Å². The zero-order valence-corrected chi connectivity index (χ0v) is 14.1. The minimum absolute atomic E-state index is 0.0151. The Labute approximate surface area is 151 Å². The SMILES string of the molecule is O=C(c1cccc([N+](=O)[O-])c1)N1CCS[C@@H]1c1ccccc1C(F)(F)F. The zero-order chi connectivity index (χ0) is 18.9. The normalized spacial score (nSPS) is 17.3. The van der Waals surface area contributed by atoms with Gasteiger partial charge in [-0.15, -0.1) is 11.8 Å². The van der Waals surface area contributed by atoms with Crippen molar-refractivity contribution in [1.82, 2.24) is 4.90 Å². The van der Waals surface area contributed by atoms with Crippen LogP contribution in [-0.2, 0) is 6.18 Å². The first kappa shape index (κ1) is 18.2. The molecule has 1 aliphatic heterocycles. The third-order valence-corrected chi connectivity index (χ3v) is 5.23. The maximum atomic E-state index is 13.3. The fourth-order valence-corrected chi connectivity index (χ4v) is 4.12. The summed E-state index contributed by atoms with van der Waals surface area (Å²) in [6, 6.07) is 10.4. The standard InChI is InChI=1S/C17H13F3N2O3S/c18-17(19,20)14-7-2-1-6-13(14)16-21(8-9-26-16)15(23)11-4-3-5-12(10-11)22(24)25/h1-7,10,16H,8-9H2/t16-/m1/s1. The van der Waals surface area contributed by atoms with Crippen molar-refractivity contribution in [3.8, 4) is 0 Å². The third kappa shape index (κ3) is 3.52. The number of non-ortho nitro benzene ring substituents is 1. The molecule has 0 bridgehead atoms. The van der Waals surface area contributed by atoms with Crippen molar-refractivity contribution in [2.45, 2.75) is 11.6 Å². The van der Waals surface area contributed by atoms with Gasteiger partial charge in [-0.3, -0.25) is 14.9 Å². The van der Waals surface area contributed by atoms with Gasteiger partial charge in [-0.1, -0.05) is 24.3 Å². The molecule has 136 valence electrons. The lowest BCUT2D eigenvalue weighted by atomic mass is 10.1. The number of nitro benzene ring substituents is 1. The van der Waals surface area contributed by atoms with Crippen LogP contribution in [0.25, 0.3) is 0 Å². The van der Waals surface area contributed by atoms with Gasteiger partial charge in [0.25, 0.3) is 11.6 Å². The Morgan fingerprint density at radius 2 is 1.92 bits per heavy atom. The quantitative estimate of drug-likeness (QED) is 0.579. The fraction of sp³-hybridized carbons (Fsp3) is 0.235. The van der Waals surface area contributed by atoms with E-state index in [4.69, 9.17) is 0 Å². The molecule has 0 radical (unpaired) electrons. The molecular weight excluding hydrogens is 369 g/mol. The number of benzene rings is 2. The number of alkyl halides is 3. The molecular formula is C17H13F3N2O3S. The lowest BCUT2D eigenvalue weighted by molar-refractivity contribution is -0.384. The van der Waals surface area contributed by atoms with Crippen molar-refractivity contribution in [2.24, 2.45) is 0 Å². The Kier molecular flexibility index (Phi) is 4.90. The summed E-state index contributed by atoms with van der Waals surface area (Å²) in [6.45, 7) is 0.267. The largest absolute Gasteiger partial charge is 0.416 e. The van der Waals surface area contributed by atoms with Crippen LogP contribution in [-0.4, -0.2) is 28.0 Å². The van der Waals surface area contributed by atoms with Crippen LogP contribution in [0.1, 0.15) is 26.9 Å². The molecule has 0 spiro atoms. The molecule has 1 fully saturated rings. The van der Waals surface area contributed by atoms with Crippen LogP contribution in [0.3, 0.4) is 0 Å². The number of carbonyl (C=O) groups excluding carboxylic acids is 1. The molecule has 2 aromatic rings. The zero-order valence-electron chi connectivity index (χ0n) is 13.3. The van der Waals surface area contributed by atoms with Crippen LogP contribution in [0.15, 0.2) is 48.5 Å². The van der Waals surface area contributed by atoms with Crippen molar-refractivity contribution in [1.29, 1.82) is 0 Å². The monoisotopic (exact) mass is 382 g/mol. The molecule has 5 nitrogen and oxygen atoms in total. The van der Waals surface area contributed by atoms with Crippen molar-refractivity contribution in [3.63, 3.8) is 0 Å². The van der Waals surface area contributed by atoms with E-state index < -0.39 is 27.9 Å². The Morgan fingerprint density at radius 3 is 2.62 bits per heavy atom. The topological polar surface area (TPSA) is 63.4 Å². The van der Waals surface area contributed by atoms with Crippen LogP contribution in [0.2, 0.25) is 0 Å². The maximum Gasteiger partial charge on any atom is 0.416 e. The third-order valence-electron chi connectivity index (χ3n) is 3.99. The number of hydrogen-bond donors (Lipinski definition) is 0. The predicted octanol–water partition coefficient (Wildman–Crippen LogP) is 4.50. The molecule has 1 heterocycles. The highest BCUT2D eigenvalue weighted by molar-refractivity contribution is 7.99. The second-order valence-corrected chi connectivity index (χ2v) is 6.80. The lowest BCUT2D eigenvalue weighted by Gasteiger charge is -2.26. The van der Waals surface area contributed by atoms with E-state index in [1.54, 1.807) is 0 Å². The summed E-state index contributed by atoms with van der Waals surface area (Å²) in [4.78, 5) is 24.4. The van der Waals surface area contributed by atoms with E-state index in [1.165, 1.54) is 53.1 Å². The van der Waals surface area contributed by atoms with Crippen molar-refractivity contribution in [3.05, 3.63) is 75.3 Å². The number of nitrogens with zero attached hydrogens (tertiary/aromatic N) is 2. The van der Waals surface area contributed by atoms with Gasteiger partial charge in [-0.25, -0.2) is 0 Å². The molecule has 3 rings (SSSR count). The van der Waals surface area contributed by atoms with Crippen molar-refractivity contribution < 1.29 is 22.9 Å². The molecule has 1 aliphatic rings. The van der Waals surface area contributed by atoms with Gasteiger partial charge < -0.3 is 4.90 Å². The Balaban J connectivity index is 1.96. The summed E-state index contributed by atoms with van der Waals surface area (Å²) >= 11 is 1.24. The van der Waals surface area contributed by atoms with Crippen molar-refractivity contribution >= 4 is 23.4 Å². The number of nitro groups is 1. The summed E-state index contributed by atoms with van der Waals surface area (Å²) < 4.78 is 39.9. The van der Waals surface area contributed by atoms with E-state index in [0.29, 0.717) is 5.75 Å². The van der Waals surface area contributed by atoms with E-state index in [9.17, 15) is 28.1 Å². The molecule has 2 aromatic carbocycles. The summed E-state index contributed by atoms with van der Waals surface area (Å²) in [6.07, 6.45) is -4.53. The van der Waals surface area contributed by atoms with Gasteiger partial charge >= 0.3 is 6.18 Å². The lowest BCUT2D eigenvalue weighted by Crippen LogP contribution is -2.31. The summed E-state index contributed by atoms with van der Waals surface area (Å²) in [7, 11) is 0. The van der Waals surface area contributed by atoms with E-state index in [1.807, 2.05) is 0 Å². The molecule has 0 saturated carbocycles. The second kappa shape index (κ2) is 6.99. The highest BCUT2D eigenvalue weighted by Gasteiger charge is 2.39. The Morgan fingerprint density at radius 1 is 1.19 bits per heavy atom. The van der Waals surface area contributed by atoms with Gasteiger partial charge in [0.05, 0.1) is 10.5 Å². The van der Waals surface area contributed by atoms with Crippen LogP contribution in [0, 0.1) is 10.1 Å². The molecule has 0 aliphatic carbocycles. The Bertz CT molecular complexity index is 857. The Hall–Kier alpha value is -2.55. The average molecular weight is 382 g/mol. The van der Waals surface area contributed by atoms with Crippen LogP contribution >= 0.6 is 11.8 Å². The van der Waals surface area contributed by atoms with Gasteiger partial charge in [-0.2, -0.15) is 13.2 Å². The number of hydrogen-bond acceptors (Lipinski definition) is 4. The van der Waals surface area contributed by atoms with Gasteiger partial charge in [-0.05, 0) is 17.7 Å². The van der Waals surface area contributed by atoms with E-state index in [2.05, 4.69) is 0 Å². The van der Waals surface area contributed by atoms with Crippen molar-refractivity contribution in [2.75, 3.05) is 12.3 Å². The molecule has 0 N–H and O–H groups in total. The highest BCUT2D eigenvalue weighted by atomic mass is 32.2. The second-order valence-electron chi connectivity index (χ2n) is 5.61. The van der Waals surface area contributed by atoms with E-state index in [-0.39, 0.29) is 23.4 Å². The summed E-state index contributed by atoms with van der Waals surface area (Å²) in [5, 5.41) is 10.1. The molecule has 1 amide bonds. The molecule has 26 heavy (non-hydrogen) atoms. The van der Waals surface area contributed by atoms with Gasteiger partial charge in [0, 0.05) is 30.0 Å². The first-order valence-electron chi connectivity index (χ1n) is 7.62. The predicted molar refractivity (Wildman–Crippen MR) is 90.8 cm³/mol. The first-order chi connectivity index (χ1) is 12.3. The minimum atomic E-state index is -4.53. The van der Waals surface area contributed by atoms with Gasteiger partial charge in [0.1, 0.15) is 5.37 Å². The molecule has 0 unspecified atom stereocenters. The summed E-state index contributed by atoms with van der Waals surface area (Å²) in [5.41, 5.74) is -0.927. The van der Waals surface area contributed by atoms with Crippen LogP contribution in [0.4, 0.5) is 18.9 Å². The molecule has 9 heteroatoms. The number of rotatable bonds is 3. The number of halogens is 3. The average Bonchev–Trinajstić information content (AvgIpc) is 3.10. The maximum absolute atomic E-state index is 13.3. The summed E-state index contributed by atoms with van der Waals surface area (Å²) in [5.74, 6) is -0.0435. The fourth-order valence-electron chi connectivity index (χ4n) is 2.82. The highest BCUT2D eigenvalue weighted by Crippen LogP contribution is 2.44. The molecule has 1 saturated heterocycles. The molecule has 0 aromatic heterocycles. The number of amides is 1. The van der Waals surface area contributed by atoms with E-state index in [0.717, 1.165) is 12.1 Å². The molecule has 1 atom stereocenters. The van der Waals surface area contributed by atoms with Crippen LogP contribution in [0.5, 0.6) is 0 Å². The number of carbonyl (C=O) groups is 1. The van der Waals surface area contributed by atoms with Gasteiger partial charge in [0.2, 0.25) is 0 Å². The van der Waals surface area contributed by atoms with Crippen LogP contribution < -0.4 is 0 Å². The first-order valence-corrected chi connectivity index (χ1v) is 8.67.